The normalized spacial score (nSPS) is 35.1. The maximum absolute atomic E-state index is 12.2. The van der Waals surface area contributed by atoms with Crippen LogP contribution in [0.15, 0.2) is 0 Å². The number of hydrogen-bond donors (Lipinski definition) is 0. The standard InChI is InChI=1S/C11H13F3O3/c1-9(2)6-3-4-10(9,7(15)5-6)17-8(16)11(12,13)14/h6H,3-5H2,1-2H3. The predicted molar refractivity (Wildman–Crippen MR) is 51.0 cm³/mol. The van der Waals surface area contributed by atoms with Crippen molar-refractivity contribution in [2.75, 3.05) is 0 Å². The number of ether oxygens (including phenoxy) is 1. The summed E-state index contributed by atoms with van der Waals surface area (Å²) in [4.78, 5) is 22.7. The Bertz CT molecular complexity index is 386. The van der Waals surface area contributed by atoms with Gasteiger partial charge in [0.15, 0.2) is 11.4 Å². The molecular formula is C11H13F3O3. The van der Waals surface area contributed by atoms with Gasteiger partial charge in [-0.2, -0.15) is 13.2 Å². The van der Waals surface area contributed by atoms with Crippen LogP contribution in [0.1, 0.15) is 33.1 Å². The van der Waals surface area contributed by atoms with E-state index in [4.69, 9.17) is 0 Å². The molecule has 0 saturated heterocycles. The lowest BCUT2D eigenvalue weighted by Crippen LogP contribution is -2.49. The predicted octanol–water partition coefficient (Wildman–Crippen LogP) is 2.24. The third-order valence-corrected chi connectivity index (χ3v) is 4.29. The van der Waals surface area contributed by atoms with Gasteiger partial charge >= 0.3 is 12.1 Å². The average Bonchev–Trinajstić information content (AvgIpc) is 2.49. The molecule has 2 aliphatic carbocycles. The van der Waals surface area contributed by atoms with Gasteiger partial charge in [-0.15, -0.1) is 0 Å². The van der Waals surface area contributed by atoms with Crippen LogP contribution in [0.3, 0.4) is 0 Å². The monoisotopic (exact) mass is 250 g/mol. The quantitative estimate of drug-likeness (QED) is 0.670. The molecule has 2 saturated carbocycles. The highest BCUT2D eigenvalue weighted by Gasteiger charge is 2.68. The maximum Gasteiger partial charge on any atom is 0.490 e. The lowest BCUT2D eigenvalue weighted by molar-refractivity contribution is -0.219. The van der Waals surface area contributed by atoms with Crippen molar-refractivity contribution in [3.8, 4) is 0 Å². The van der Waals surface area contributed by atoms with E-state index < -0.39 is 23.2 Å². The van der Waals surface area contributed by atoms with E-state index in [9.17, 15) is 22.8 Å². The molecule has 96 valence electrons. The summed E-state index contributed by atoms with van der Waals surface area (Å²) >= 11 is 0. The number of fused-ring (bicyclic) bond motifs is 2. The molecule has 2 bridgehead atoms. The fourth-order valence-corrected chi connectivity index (χ4v) is 3.09. The molecule has 0 amide bonds. The van der Waals surface area contributed by atoms with Gasteiger partial charge in [0, 0.05) is 11.8 Å². The molecule has 3 nitrogen and oxygen atoms in total. The summed E-state index contributed by atoms with van der Waals surface area (Å²) in [7, 11) is 0. The lowest BCUT2D eigenvalue weighted by atomic mass is 9.78. The molecule has 0 aromatic carbocycles. The minimum absolute atomic E-state index is 0.0102. The first-order valence-electron chi connectivity index (χ1n) is 5.45. The van der Waals surface area contributed by atoms with Crippen LogP contribution in [0.5, 0.6) is 0 Å². The molecule has 17 heavy (non-hydrogen) atoms. The van der Waals surface area contributed by atoms with Crippen molar-refractivity contribution in [1.82, 2.24) is 0 Å². The second-order valence-electron chi connectivity index (χ2n) is 5.30. The second-order valence-corrected chi connectivity index (χ2v) is 5.30. The molecule has 0 aliphatic heterocycles. The number of hydrogen-bond acceptors (Lipinski definition) is 3. The van der Waals surface area contributed by atoms with Gasteiger partial charge in [-0.1, -0.05) is 13.8 Å². The van der Waals surface area contributed by atoms with Gasteiger partial charge in [-0.3, -0.25) is 4.79 Å². The Labute approximate surface area is 96.3 Å². The van der Waals surface area contributed by atoms with E-state index in [1.807, 2.05) is 0 Å². The lowest BCUT2D eigenvalue weighted by Gasteiger charge is -2.35. The molecular weight excluding hydrogens is 237 g/mol. The van der Waals surface area contributed by atoms with Crippen molar-refractivity contribution in [1.29, 1.82) is 0 Å². The molecule has 0 aromatic heterocycles. The van der Waals surface area contributed by atoms with Gasteiger partial charge in [0.1, 0.15) is 0 Å². The van der Waals surface area contributed by atoms with Crippen molar-refractivity contribution in [3.63, 3.8) is 0 Å². The first kappa shape index (κ1) is 12.4. The maximum atomic E-state index is 12.2. The van der Waals surface area contributed by atoms with Crippen LogP contribution in [-0.4, -0.2) is 23.5 Å². The summed E-state index contributed by atoms with van der Waals surface area (Å²) in [5.41, 5.74) is -2.27. The van der Waals surface area contributed by atoms with Crippen LogP contribution in [0, 0.1) is 11.3 Å². The third-order valence-electron chi connectivity index (χ3n) is 4.29. The van der Waals surface area contributed by atoms with E-state index in [-0.39, 0.29) is 24.5 Å². The topological polar surface area (TPSA) is 43.4 Å². The highest BCUT2D eigenvalue weighted by Crippen LogP contribution is 2.60. The number of carbonyl (C=O) groups excluding carboxylic acids is 2. The molecule has 2 atom stereocenters. The van der Waals surface area contributed by atoms with Gasteiger partial charge in [-0.25, -0.2) is 4.79 Å². The minimum Gasteiger partial charge on any atom is -0.444 e. The smallest absolute Gasteiger partial charge is 0.444 e. The molecule has 2 fully saturated rings. The van der Waals surface area contributed by atoms with Crippen LogP contribution >= 0.6 is 0 Å². The zero-order valence-corrected chi connectivity index (χ0v) is 9.56. The number of rotatable bonds is 1. The summed E-state index contributed by atoms with van der Waals surface area (Å²) in [5.74, 6) is -2.63. The van der Waals surface area contributed by atoms with E-state index in [0.717, 1.165) is 0 Å². The molecule has 2 unspecified atom stereocenters. The van der Waals surface area contributed by atoms with E-state index in [2.05, 4.69) is 4.74 Å². The average molecular weight is 250 g/mol. The zero-order chi connectivity index (χ0) is 13.1. The van der Waals surface area contributed by atoms with Gasteiger partial charge < -0.3 is 4.74 Å². The molecule has 2 rings (SSSR count). The number of carbonyl (C=O) groups is 2. The fourth-order valence-electron chi connectivity index (χ4n) is 3.09. The Balaban J connectivity index is 2.30. The summed E-state index contributed by atoms with van der Waals surface area (Å²) < 4.78 is 41.2. The zero-order valence-electron chi connectivity index (χ0n) is 9.56. The summed E-state index contributed by atoms with van der Waals surface area (Å²) in [6.45, 7) is 3.39. The number of halogens is 3. The molecule has 0 spiro atoms. The third kappa shape index (κ3) is 1.49. The SMILES string of the molecule is CC1(C)C2CCC1(OC(=O)C(F)(F)F)C(=O)C2. The van der Waals surface area contributed by atoms with Crippen molar-refractivity contribution in [2.45, 2.75) is 44.9 Å². The first-order chi connectivity index (χ1) is 7.61. The molecule has 6 heteroatoms. The van der Waals surface area contributed by atoms with Crippen molar-refractivity contribution < 1.29 is 27.5 Å². The van der Waals surface area contributed by atoms with Crippen molar-refractivity contribution >= 4 is 11.8 Å². The molecule has 0 radical (unpaired) electrons. The van der Waals surface area contributed by atoms with Gasteiger partial charge in [0.2, 0.25) is 0 Å². The fraction of sp³-hybridized carbons (Fsp3) is 0.818. The number of alkyl halides is 3. The number of esters is 1. The van der Waals surface area contributed by atoms with Gasteiger partial charge in [-0.05, 0) is 18.8 Å². The van der Waals surface area contributed by atoms with Gasteiger partial charge in [0.25, 0.3) is 0 Å². The first-order valence-corrected chi connectivity index (χ1v) is 5.45. The van der Waals surface area contributed by atoms with Crippen LogP contribution in [0.25, 0.3) is 0 Å². The summed E-state index contributed by atoms with van der Waals surface area (Å²) in [6, 6.07) is 0. The molecule has 0 heterocycles. The summed E-state index contributed by atoms with van der Waals surface area (Å²) in [5, 5.41) is 0. The van der Waals surface area contributed by atoms with Crippen LogP contribution < -0.4 is 0 Å². The number of ketones is 1. The molecule has 0 N–H and O–H groups in total. The highest BCUT2D eigenvalue weighted by molar-refractivity contribution is 5.94. The van der Waals surface area contributed by atoms with Crippen LogP contribution in [0.2, 0.25) is 0 Å². The van der Waals surface area contributed by atoms with Crippen LogP contribution in [0.4, 0.5) is 13.2 Å². The van der Waals surface area contributed by atoms with Crippen LogP contribution in [-0.2, 0) is 14.3 Å². The molecule has 0 aromatic rings. The van der Waals surface area contributed by atoms with Crippen molar-refractivity contribution in [2.24, 2.45) is 11.3 Å². The van der Waals surface area contributed by atoms with E-state index in [1.165, 1.54) is 0 Å². The largest absolute Gasteiger partial charge is 0.490 e. The van der Waals surface area contributed by atoms with E-state index in [0.29, 0.717) is 6.42 Å². The second kappa shape index (κ2) is 3.23. The highest BCUT2D eigenvalue weighted by atomic mass is 19.4. The number of Topliss-reactive ketones (excluding diaryl/α,β-unsaturated/α-hetero) is 1. The Morgan fingerprint density at radius 1 is 1.41 bits per heavy atom. The molecule has 2 aliphatic rings. The summed E-state index contributed by atoms with van der Waals surface area (Å²) in [6.07, 6.45) is -4.01. The van der Waals surface area contributed by atoms with Crippen molar-refractivity contribution in [3.05, 3.63) is 0 Å². The minimum atomic E-state index is -5.05. The Kier molecular flexibility index (Phi) is 2.36. The van der Waals surface area contributed by atoms with Gasteiger partial charge in [0.05, 0.1) is 0 Å². The van der Waals surface area contributed by atoms with E-state index in [1.54, 1.807) is 13.8 Å². The Hall–Kier alpha value is -1.07. The Morgan fingerprint density at radius 2 is 2.00 bits per heavy atom. The Morgan fingerprint density at radius 3 is 2.35 bits per heavy atom. The van der Waals surface area contributed by atoms with E-state index >= 15 is 0 Å².